The molecule has 6 aromatic rings. The summed E-state index contributed by atoms with van der Waals surface area (Å²) in [5.74, 6) is 4.65. The van der Waals surface area contributed by atoms with Gasteiger partial charge in [-0.3, -0.25) is 29.1 Å². The zero-order chi connectivity index (χ0) is 102. The predicted molar refractivity (Wildman–Crippen MR) is 565 cm³/mol. The molecule has 12 heterocycles. The van der Waals surface area contributed by atoms with Crippen molar-refractivity contribution < 1.29 is 72.8 Å². The number of anilines is 3. The number of carbonyl (C=O) groups is 3. The van der Waals surface area contributed by atoms with Gasteiger partial charge in [0.2, 0.25) is 20.0 Å². The molecule has 786 valence electrons. The topological polar surface area (TPSA) is 230 Å². The smallest absolute Gasteiger partial charge is 0.264 e. The molecule has 6 fully saturated rings. The molecule has 22 nitrogen and oxygen atoms in total. The lowest BCUT2D eigenvalue weighted by molar-refractivity contribution is -0.119. The quantitative estimate of drug-likeness (QED) is 0.136. The summed E-state index contributed by atoms with van der Waals surface area (Å²) in [6.45, 7) is 32.7. The lowest BCUT2D eigenvalue weighted by atomic mass is 9.57. The number of hydrogen-bond acceptors (Lipinski definition) is 19. The number of benzene rings is 6. The first-order valence-corrected chi connectivity index (χ1v) is 58.7. The van der Waals surface area contributed by atoms with Gasteiger partial charge in [0.05, 0.1) is 88.9 Å². The lowest BCUT2D eigenvalue weighted by Crippen LogP contribution is -2.64. The molecule has 6 aromatic carbocycles. The Kier molecular flexibility index (Phi) is 28.5. The van der Waals surface area contributed by atoms with E-state index in [1.54, 1.807) is 68.4 Å². The zero-order valence-electron chi connectivity index (χ0n) is 86.0. The van der Waals surface area contributed by atoms with Crippen LogP contribution in [0.4, 0.5) is 30.2 Å². The second-order valence-corrected chi connectivity index (χ2v) is 52.7. The molecule has 12 bridgehead atoms. The van der Waals surface area contributed by atoms with Crippen molar-refractivity contribution in [1.82, 2.24) is 29.5 Å². The number of amides is 3. The molecule has 9 aliphatic carbocycles. The molecule has 3 saturated carbocycles. The summed E-state index contributed by atoms with van der Waals surface area (Å²) in [5, 5.41) is 2.28. The fourth-order valence-corrected chi connectivity index (χ4v) is 32.8. The maximum Gasteiger partial charge on any atom is 0.264 e. The number of allylic oxidation sites excluding steroid dienone is 4. The molecule has 21 aliphatic rings. The van der Waals surface area contributed by atoms with E-state index in [9.17, 15) is 31.2 Å². The van der Waals surface area contributed by atoms with Crippen LogP contribution in [0.5, 0.6) is 17.2 Å². The van der Waals surface area contributed by atoms with Gasteiger partial charge in [0.25, 0.3) is 17.7 Å². The molecule has 146 heavy (non-hydrogen) atoms. The highest BCUT2D eigenvalue weighted by atomic mass is 35.5. The average molecular weight is 2100 g/mol. The van der Waals surface area contributed by atoms with Gasteiger partial charge in [0, 0.05) is 144 Å². The van der Waals surface area contributed by atoms with Crippen molar-refractivity contribution in [3.63, 3.8) is 0 Å². The van der Waals surface area contributed by atoms with E-state index in [0.717, 1.165) is 227 Å². The van der Waals surface area contributed by atoms with Gasteiger partial charge >= 0.3 is 0 Å². The van der Waals surface area contributed by atoms with Crippen molar-refractivity contribution in [2.45, 2.75) is 215 Å². The van der Waals surface area contributed by atoms with Crippen LogP contribution in [0.25, 0.3) is 0 Å². The summed E-state index contributed by atoms with van der Waals surface area (Å²) in [4.78, 5) is 55.9. The van der Waals surface area contributed by atoms with Crippen molar-refractivity contribution in [1.29, 1.82) is 0 Å². The first-order chi connectivity index (χ1) is 70.1. The molecule has 0 radical (unpaired) electrons. The third-order valence-corrected chi connectivity index (χ3v) is 44.0. The Balaban J connectivity index is 0.000000125. The van der Waals surface area contributed by atoms with Gasteiger partial charge in [0.1, 0.15) is 40.3 Å². The molecule has 30 heteroatoms. The van der Waals surface area contributed by atoms with Gasteiger partial charge in [-0.25, -0.2) is 39.5 Å². The van der Waals surface area contributed by atoms with Crippen molar-refractivity contribution in [3.8, 4) is 17.2 Å². The Morgan fingerprint density at radius 2 is 0.918 bits per heavy atom. The van der Waals surface area contributed by atoms with Crippen LogP contribution in [0, 0.1) is 106 Å². The van der Waals surface area contributed by atoms with Crippen LogP contribution in [0.15, 0.2) is 126 Å². The number of sulfonamides is 2. The van der Waals surface area contributed by atoms with Crippen LogP contribution in [0.3, 0.4) is 0 Å². The number of fused-ring (bicyclic) bond motifs is 19. The standard InChI is InChI=1S/C43H56ClFN4O4.C37H45ClFN3O5S.C36H44ClFN2O4S/c1-27-20-46-41(50)29-7-11-39-38(19-29)49(24-42(26-53-39)12-4-5-34-36(42)9-10-37(44)40(34)45)21-30-6-8-35(30)43(51-3,32-17-31(18-32)28(27)2)25-47-13-14-48-15-16-52-23-33(48)22-47;1-22-23(2)48(44,45)40-36(43)24-6-10-33-32(18-24)42(20-37(21-47-33)11-3-4-29-30(37)8-9-31(38)34(29)39)19-25-5-7-28(25)35(27-16-26(22)17-27)41-12-14-46-15-13-41;1-20(2)33-26-14-25(15-26)21(3)22(4)45(42,43)39-35(41)23-8-12-32-31(16-23)40(17-24-7-9-27(24)33)18-36(19-44-32)13-5-6-28-29(36)10-11-30(37)34(28)38/h7,9-11,17,19,27-28,30-31,33,35H,4-6,8,12-16,18,20-26H2,1-3H3,(H,46,50);6,8-10,16,18,22-23,25-26,28,35H,3-5,7,11-15,17,19-21H2,1-2H3,(H,40,43);8,10-12,14,16,20-22,24-25,27,33H,5-7,9,13,15,17-19H2,1-4H3,(H,39,41)/t27-,28+,30-,31-,33-,35+,42-,43-;22-,23-,25+,26+,28-,35?,37+;21-,22-,24+,25+,27-,33-,36+/m011/s1. The Morgan fingerprint density at radius 3 is 1.36 bits per heavy atom. The molecule has 27 rings (SSSR count). The number of rotatable bonds is 5. The number of halogens is 6. The van der Waals surface area contributed by atoms with E-state index >= 15 is 13.2 Å². The largest absolute Gasteiger partial charge is 0.490 e. The maximum absolute atomic E-state index is 15.6. The fraction of sp³-hybridized carbons (Fsp3) is 0.612. The van der Waals surface area contributed by atoms with E-state index in [2.05, 4.69) is 90.1 Å². The number of piperazine rings is 1. The molecular weight excluding hydrogens is 1950 g/mol. The third kappa shape index (κ3) is 18.7. The van der Waals surface area contributed by atoms with Crippen LogP contribution in [-0.4, -0.2) is 222 Å². The predicted octanol–water partition coefficient (Wildman–Crippen LogP) is 19.4. The summed E-state index contributed by atoms with van der Waals surface area (Å²) in [5.41, 5.74) is 11.4. The minimum atomic E-state index is -3.94. The van der Waals surface area contributed by atoms with Crippen LogP contribution in [0.1, 0.15) is 216 Å². The summed E-state index contributed by atoms with van der Waals surface area (Å²) >= 11 is 18.8. The van der Waals surface area contributed by atoms with Crippen molar-refractivity contribution >= 4 is 89.6 Å². The van der Waals surface area contributed by atoms with E-state index < -0.39 is 58.6 Å². The number of methoxy groups -OCH3 is 1. The van der Waals surface area contributed by atoms with Gasteiger partial charge in [-0.05, 0) is 330 Å². The molecule has 22 atom stereocenters. The minimum Gasteiger partial charge on any atom is -0.490 e. The highest BCUT2D eigenvalue weighted by molar-refractivity contribution is 7.91. The van der Waals surface area contributed by atoms with E-state index in [4.69, 9.17) is 63.2 Å². The molecule has 3 N–H and O–H groups in total. The van der Waals surface area contributed by atoms with Gasteiger partial charge < -0.3 is 48.4 Å². The Bertz CT molecular complexity index is 6410. The van der Waals surface area contributed by atoms with Crippen molar-refractivity contribution in [3.05, 3.63) is 209 Å². The molecule has 0 aromatic heterocycles. The van der Waals surface area contributed by atoms with Crippen molar-refractivity contribution in [2.75, 3.05) is 160 Å². The Labute approximate surface area is 875 Å². The van der Waals surface area contributed by atoms with Crippen molar-refractivity contribution in [2.24, 2.45) is 88.8 Å². The monoisotopic (exact) mass is 2100 g/mol. The van der Waals surface area contributed by atoms with Gasteiger partial charge in [0.15, 0.2) is 0 Å². The van der Waals surface area contributed by atoms with E-state index in [1.165, 1.54) is 23.1 Å². The number of hydrogen-bond donors (Lipinski definition) is 3. The van der Waals surface area contributed by atoms with Gasteiger partial charge in [-0.1, -0.05) is 124 Å². The lowest BCUT2D eigenvalue weighted by Gasteiger charge is -2.57. The number of nitrogens with zero attached hydrogens (tertiary/aromatic N) is 6. The number of ether oxygens (including phenoxy) is 6. The Hall–Kier alpha value is -7.93. The SMILES string of the molecule is CC(C)[C@@H]1C2=C[C@@H](C2)[C@H](C)[C@@H](C)S(=O)(=O)NC(=O)c2ccc3c(c2)N(C[C@@H]2CC[C@H]21)C[C@@]1(CCCc2c1ccc(Cl)c2F)CO3.CO[C@@]1(CN2CCN3CCOC[C@@H]3C2)C2=C[C@@H](C2)[C@H](C)[C@@H](C)CNC(=O)c2ccc3c(c2)N(C[C@@H]2CC[C@H]21)C[C@@]1(CCCc2c1ccc(Cl)c2F)CO3.C[C@@H]1[C@@H](C)S(=O)(=O)NC(=O)c2ccc3c(c2)N(C[C@@H]2CC[C@H]2C(N2CCOCC2)C2=C[C@H]1C2)C[C@@]1(CCCc2c1ccc(Cl)c2F)CO3. The first kappa shape index (κ1) is 103. The summed E-state index contributed by atoms with van der Waals surface area (Å²) in [7, 11) is -5.89. The first-order valence-electron chi connectivity index (χ1n) is 54.5. The Morgan fingerprint density at radius 1 is 0.486 bits per heavy atom. The summed E-state index contributed by atoms with van der Waals surface area (Å²) in [6, 6.07) is 28.1. The summed E-state index contributed by atoms with van der Waals surface area (Å²) < 4.78 is 144. The maximum atomic E-state index is 15.6. The van der Waals surface area contributed by atoms with E-state index in [1.807, 2.05) is 57.4 Å². The fourth-order valence-electron chi connectivity index (χ4n) is 29.7. The highest BCUT2D eigenvalue weighted by Gasteiger charge is 2.58. The van der Waals surface area contributed by atoms with Crippen LogP contribution >= 0.6 is 34.8 Å². The number of morpholine rings is 2. The summed E-state index contributed by atoms with van der Waals surface area (Å²) in [6.07, 6.45) is 23.9. The molecule has 3 saturated heterocycles. The van der Waals surface area contributed by atoms with Gasteiger partial charge in [-0.15, -0.1) is 0 Å². The zero-order valence-corrected chi connectivity index (χ0v) is 89.9. The van der Waals surface area contributed by atoms with E-state index in [-0.39, 0.29) is 78.8 Å². The molecule has 1 unspecified atom stereocenters. The highest BCUT2D eigenvalue weighted by Crippen LogP contribution is 2.59. The molecule has 12 aliphatic heterocycles. The second kappa shape index (κ2) is 40.6. The van der Waals surface area contributed by atoms with Gasteiger partial charge in [-0.2, -0.15) is 0 Å². The normalized spacial score (nSPS) is 34.9. The molecule has 3 spiro atoms. The number of nitrogens with one attached hydrogen (secondary N) is 3. The van der Waals surface area contributed by atoms with E-state index in [0.29, 0.717) is 171 Å². The number of carbonyl (C=O) groups excluding carboxylic acids is 3. The van der Waals surface area contributed by atoms with Crippen LogP contribution in [0.2, 0.25) is 15.1 Å². The second-order valence-electron chi connectivity index (χ2n) is 47.4. The van der Waals surface area contributed by atoms with Crippen LogP contribution in [-0.2, 0) is 69.8 Å². The minimum absolute atomic E-state index is 0.0502. The van der Waals surface area contributed by atoms with Crippen LogP contribution < -0.4 is 43.7 Å². The third-order valence-electron chi connectivity index (χ3n) is 39.4. The average Bonchev–Trinajstić information content (AvgIpc) is 1.09. The molecular formula is C116H145Cl3F3N9O13S2. The molecule has 3 amide bonds.